The van der Waals surface area contributed by atoms with E-state index in [1.54, 1.807) is 6.07 Å². The molecule has 0 radical (unpaired) electrons. The third kappa shape index (κ3) is 2.41. The quantitative estimate of drug-likeness (QED) is 0.889. The number of carbonyl (C=O) groups excluding carboxylic acids is 2. The monoisotopic (exact) mass is 296 g/mol. The highest BCUT2D eigenvalue weighted by Crippen LogP contribution is 2.39. The highest BCUT2D eigenvalue weighted by atomic mass is 16.2. The van der Waals surface area contributed by atoms with Crippen LogP contribution in [0.15, 0.2) is 24.4 Å². The average molecular weight is 296 g/mol. The smallest absolute Gasteiger partial charge is 0.253 e. The number of carbonyl (C=O) groups is 2. The van der Waals surface area contributed by atoms with Crippen LogP contribution in [-0.2, 0) is 4.79 Å². The fourth-order valence-electron chi connectivity index (χ4n) is 2.73. The summed E-state index contributed by atoms with van der Waals surface area (Å²) in [7, 11) is 0. The van der Waals surface area contributed by atoms with Crippen LogP contribution in [0.25, 0.3) is 11.0 Å². The first kappa shape index (κ1) is 13.2. The Morgan fingerprint density at radius 2 is 2.14 bits per heavy atom. The number of aromatic nitrogens is 2. The van der Waals surface area contributed by atoms with Crippen molar-refractivity contribution in [1.29, 1.82) is 0 Å². The van der Waals surface area contributed by atoms with E-state index in [2.05, 4.69) is 20.6 Å². The maximum absolute atomic E-state index is 12.2. The Bertz CT molecular complexity index is 770. The minimum atomic E-state index is -0.446. The van der Waals surface area contributed by atoms with Crippen LogP contribution in [0, 0.1) is 0 Å². The first-order valence-electron chi connectivity index (χ1n) is 7.56. The van der Waals surface area contributed by atoms with Crippen molar-refractivity contribution in [2.75, 3.05) is 6.54 Å². The SMILES string of the molecule is O=C(NC1CCNC1=O)c1cnc2nc(C3CC3)ccc2c1. The average Bonchev–Trinajstić information content (AvgIpc) is 3.31. The van der Waals surface area contributed by atoms with Crippen molar-refractivity contribution in [1.82, 2.24) is 20.6 Å². The van der Waals surface area contributed by atoms with Gasteiger partial charge in [0.05, 0.1) is 5.56 Å². The molecule has 1 saturated carbocycles. The fourth-order valence-corrected chi connectivity index (χ4v) is 2.73. The van der Waals surface area contributed by atoms with Crippen LogP contribution in [0.3, 0.4) is 0 Å². The zero-order valence-electron chi connectivity index (χ0n) is 12.0. The van der Waals surface area contributed by atoms with Crippen LogP contribution >= 0.6 is 0 Å². The lowest BCUT2D eigenvalue weighted by atomic mass is 10.1. The Morgan fingerprint density at radius 3 is 2.86 bits per heavy atom. The largest absolute Gasteiger partial charge is 0.354 e. The van der Waals surface area contributed by atoms with Gasteiger partial charge in [0.25, 0.3) is 5.91 Å². The van der Waals surface area contributed by atoms with Crippen molar-refractivity contribution in [3.63, 3.8) is 0 Å². The minimum absolute atomic E-state index is 0.127. The summed E-state index contributed by atoms with van der Waals surface area (Å²) >= 11 is 0. The number of hydrogen-bond donors (Lipinski definition) is 2. The highest BCUT2D eigenvalue weighted by Gasteiger charge is 2.27. The summed E-state index contributed by atoms with van der Waals surface area (Å²) in [5, 5.41) is 6.28. The van der Waals surface area contributed by atoms with Crippen LogP contribution in [-0.4, -0.2) is 34.4 Å². The van der Waals surface area contributed by atoms with Gasteiger partial charge in [-0.05, 0) is 37.5 Å². The number of nitrogens with zero attached hydrogens (tertiary/aromatic N) is 2. The molecule has 4 rings (SSSR count). The molecule has 2 amide bonds. The Balaban J connectivity index is 1.57. The van der Waals surface area contributed by atoms with E-state index >= 15 is 0 Å². The second-order valence-electron chi connectivity index (χ2n) is 5.89. The molecule has 1 atom stereocenters. The van der Waals surface area contributed by atoms with Crippen LogP contribution in [0.4, 0.5) is 0 Å². The van der Waals surface area contributed by atoms with Crippen LogP contribution in [0.2, 0.25) is 0 Å². The number of hydrogen-bond acceptors (Lipinski definition) is 4. The number of nitrogens with one attached hydrogen (secondary N) is 2. The molecular formula is C16H16N4O2. The van der Waals surface area contributed by atoms with E-state index in [-0.39, 0.29) is 11.8 Å². The predicted molar refractivity (Wildman–Crippen MR) is 80.4 cm³/mol. The van der Waals surface area contributed by atoms with Gasteiger partial charge in [-0.15, -0.1) is 0 Å². The Morgan fingerprint density at radius 1 is 1.27 bits per heavy atom. The first-order chi connectivity index (χ1) is 10.7. The molecule has 2 N–H and O–H groups in total. The zero-order valence-corrected chi connectivity index (χ0v) is 12.0. The summed E-state index contributed by atoms with van der Waals surface area (Å²) in [6, 6.07) is 5.29. The van der Waals surface area contributed by atoms with Crippen molar-refractivity contribution in [3.8, 4) is 0 Å². The molecule has 6 heteroatoms. The van der Waals surface area contributed by atoms with E-state index in [1.807, 2.05) is 12.1 Å². The second-order valence-corrected chi connectivity index (χ2v) is 5.89. The molecule has 112 valence electrons. The van der Waals surface area contributed by atoms with E-state index in [0.29, 0.717) is 30.1 Å². The van der Waals surface area contributed by atoms with Crippen molar-refractivity contribution in [2.24, 2.45) is 0 Å². The molecule has 1 aliphatic heterocycles. The normalized spacial score (nSPS) is 20.9. The maximum atomic E-state index is 12.2. The highest BCUT2D eigenvalue weighted by molar-refractivity contribution is 5.99. The summed E-state index contributed by atoms with van der Waals surface area (Å²) in [5.41, 5.74) is 2.20. The molecule has 1 unspecified atom stereocenters. The Labute approximate surface area is 127 Å². The van der Waals surface area contributed by atoms with Crippen molar-refractivity contribution >= 4 is 22.8 Å². The van der Waals surface area contributed by atoms with Crippen LogP contribution in [0.1, 0.15) is 41.2 Å². The van der Waals surface area contributed by atoms with Crippen LogP contribution in [0.5, 0.6) is 0 Å². The molecule has 1 saturated heterocycles. The molecule has 3 heterocycles. The van der Waals surface area contributed by atoms with Gasteiger partial charge >= 0.3 is 0 Å². The second kappa shape index (κ2) is 5.05. The first-order valence-corrected chi connectivity index (χ1v) is 7.56. The lowest BCUT2D eigenvalue weighted by Gasteiger charge is -2.10. The summed E-state index contributed by atoms with van der Waals surface area (Å²) in [6.45, 7) is 0.605. The van der Waals surface area contributed by atoms with E-state index in [1.165, 1.54) is 19.0 Å². The summed E-state index contributed by atoms with van der Waals surface area (Å²) in [6.07, 6.45) is 4.54. The van der Waals surface area contributed by atoms with Gasteiger partial charge in [-0.3, -0.25) is 9.59 Å². The van der Waals surface area contributed by atoms with E-state index in [0.717, 1.165) is 11.1 Å². The van der Waals surface area contributed by atoms with Gasteiger partial charge in [-0.1, -0.05) is 0 Å². The Hall–Kier alpha value is -2.50. The van der Waals surface area contributed by atoms with Gasteiger partial charge in [0.2, 0.25) is 5.91 Å². The molecule has 2 aromatic heterocycles. The molecule has 2 fully saturated rings. The lowest BCUT2D eigenvalue weighted by Crippen LogP contribution is -2.40. The molecular weight excluding hydrogens is 280 g/mol. The summed E-state index contributed by atoms with van der Waals surface area (Å²) < 4.78 is 0. The van der Waals surface area contributed by atoms with Gasteiger partial charge in [0.1, 0.15) is 6.04 Å². The summed E-state index contributed by atoms with van der Waals surface area (Å²) in [5.74, 6) is 0.176. The van der Waals surface area contributed by atoms with Gasteiger partial charge in [0, 0.05) is 29.7 Å². The van der Waals surface area contributed by atoms with E-state index in [9.17, 15) is 9.59 Å². The molecule has 22 heavy (non-hydrogen) atoms. The third-order valence-corrected chi connectivity index (χ3v) is 4.18. The maximum Gasteiger partial charge on any atom is 0.253 e. The van der Waals surface area contributed by atoms with Crippen molar-refractivity contribution in [2.45, 2.75) is 31.2 Å². The topological polar surface area (TPSA) is 84.0 Å². The summed E-state index contributed by atoms with van der Waals surface area (Å²) in [4.78, 5) is 32.6. The number of amides is 2. The van der Waals surface area contributed by atoms with Gasteiger partial charge in [0.15, 0.2) is 5.65 Å². The molecule has 2 aromatic rings. The van der Waals surface area contributed by atoms with Gasteiger partial charge in [-0.25, -0.2) is 9.97 Å². The molecule has 0 spiro atoms. The zero-order chi connectivity index (χ0) is 15.1. The minimum Gasteiger partial charge on any atom is -0.354 e. The Kier molecular flexibility index (Phi) is 3.03. The molecule has 6 nitrogen and oxygen atoms in total. The molecule has 0 aromatic carbocycles. The van der Waals surface area contributed by atoms with E-state index < -0.39 is 6.04 Å². The van der Waals surface area contributed by atoms with Gasteiger partial charge < -0.3 is 10.6 Å². The third-order valence-electron chi connectivity index (χ3n) is 4.18. The van der Waals surface area contributed by atoms with Crippen LogP contribution < -0.4 is 10.6 Å². The van der Waals surface area contributed by atoms with E-state index in [4.69, 9.17) is 0 Å². The number of rotatable bonds is 3. The standard InChI is InChI=1S/C16H16N4O2/c21-15(20-13-5-6-17-16(13)22)11-7-10-3-4-12(9-1-2-9)19-14(10)18-8-11/h3-4,7-9,13H,1-2,5-6H2,(H,17,22)(H,20,21). The number of fused-ring (bicyclic) bond motifs is 1. The lowest BCUT2D eigenvalue weighted by molar-refractivity contribution is -0.120. The number of pyridine rings is 2. The molecule has 2 aliphatic rings. The van der Waals surface area contributed by atoms with Crippen molar-refractivity contribution in [3.05, 3.63) is 35.7 Å². The molecule has 0 bridgehead atoms. The van der Waals surface area contributed by atoms with Crippen molar-refractivity contribution < 1.29 is 9.59 Å². The fraction of sp³-hybridized carbons (Fsp3) is 0.375. The predicted octanol–water partition coefficient (Wildman–Crippen LogP) is 1.13. The molecule has 1 aliphatic carbocycles. The van der Waals surface area contributed by atoms with Gasteiger partial charge in [-0.2, -0.15) is 0 Å².